The van der Waals surface area contributed by atoms with Gasteiger partial charge in [0.1, 0.15) is 6.04 Å². The van der Waals surface area contributed by atoms with Gasteiger partial charge in [0.15, 0.2) is 0 Å². The largest absolute Gasteiger partial charge is 0.480 e. The molecular formula is C20H27N3O3. The molecule has 0 saturated carbocycles. The summed E-state index contributed by atoms with van der Waals surface area (Å²) in [6, 6.07) is 7.54. The van der Waals surface area contributed by atoms with Gasteiger partial charge < -0.3 is 10.4 Å². The molecule has 0 fully saturated rings. The first kappa shape index (κ1) is 19.7. The van der Waals surface area contributed by atoms with Crippen molar-refractivity contribution in [2.45, 2.75) is 58.4 Å². The van der Waals surface area contributed by atoms with Crippen molar-refractivity contribution in [2.75, 3.05) is 0 Å². The van der Waals surface area contributed by atoms with Gasteiger partial charge in [-0.25, -0.2) is 0 Å². The second-order valence-corrected chi connectivity index (χ2v) is 6.94. The van der Waals surface area contributed by atoms with Gasteiger partial charge in [0.05, 0.1) is 6.20 Å². The van der Waals surface area contributed by atoms with Crippen LogP contribution in [0, 0.1) is 0 Å². The maximum absolute atomic E-state index is 11.7. The molecule has 0 spiro atoms. The first-order valence-corrected chi connectivity index (χ1v) is 8.99. The molecule has 1 aromatic carbocycles. The number of nitrogens with one attached hydrogen (secondary N) is 2. The Bertz CT molecular complexity index is 735. The normalized spacial score (nSPS) is 12.2. The summed E-state index contributed by atoms with van der Waals surface area (Å²) >= 11 is 0. The number of H-pyrrole nitrogens is 1. The van der Waals surface area contributed by atoms with E-state index in [9.17, 15) is 9.59 Å². The van der Waals surface area contributed by atoms with Crippen molar-refractivity contribution in [1.82, 2.24) is 15.5 Å². The Balaban J connectivity index is 1.81. The number of carbonyl (C=O) groups excluding carboxylic acids is 1. The van der Waals surface area contributed by atoms with Crippen LogP contribution in [0.15, 0.2) is 30.5 Å². The zero-order valence-corrected chi connectivity index (χ0v) is 15.6. The molecule has 0 bridgehead atoms. The quantitative estimate of drug-likeness (QED) is 0.643. The second kappa shape index (κ2) is 9.17. The van der Waals surface area contributed by atoms with E-state index in [1.54, 1.807) is 0 Å². The Kier molecular flexibility index (Phi) is 6.95. The molecule has 1 amide bonds. The van der Waals surface area contributed by atoms with Crippen LogP contribution in [0.3, 0.4) is 0 Å². The zero-order chi connectivity index (χ0) is 19.1. The molecule has 0 radical (unpaired) electrons. The van der Waals surface area contributed by atoms with E-state index in [2.05, 4.69) is 53.6 Å². The topological polar surface area (TPSA) is 95.1 Å². The van der Waals surface area contributed by atoms with Crippen LogP contribution in [0.1, 0.15) is 61.9 Å². The summed E-state index contributed by atoms with van der Waals surface area (Å²) < 4.78 is 0. The number of hydrogen-bond donors (Lipinski definition) is 3. The van der Waals surface area contributed by atoms with E-state index >= 15 is 0 Å². The average Bonchev–Trinajstić information content (AvgIpc) is 3.04. The molecule has 3 N–H and O–H groups in total. The van der Waals surface area contributed by atoms with Crippen LogP contribution in [-0.4, -0.2) is 33.2 Å². The molecule has 0 aliphatic carbocycles. The average molecular weight is 357 g/mol. The Morgan fingerprint density at radius 2 is 1.81 bits per heavy atom. The maximum Gasteiger partial charge on any atom is 0.325 e. The summed E-state index contributed by atoms with van der Waals surface area (Å²) in [5.41, 5.74) is 4.79. The summed E-state index contributed by atoms with van der Waals surface area (Å²) in [7, 11) is 0. The number of amides is 1. The van der Waals surface area contributed by atoms with Crippen molar-refractivity contribution in [3.05, 3.63) is 52.8 Å². The van der Waals surface area contributed by atoms with Gasteiger partial charge in [-0.05, 0) is 42.4 Å². The van der Waals surface area contributed by atoms with E-state index in [1.807, 2.05) is 6.20 Å². The summed E-state index contributed by atoms with van der Waals surface area (Å²) in [5.74, 6) is -0.827. The summed E-state index contributed by atoms with van der Waals surface area (Å²) in [6.07, 6.45) is 4.54. The minimum absolute atomic E-state index is 0.224. The zero-order valence-electron chi connectivity index (χ0n) is 15.6. The molecule has 26 heavy (non-hydrogen) atoms. The third kappa shape index (κ3) is 5.72. The summed E-state index contributed by atoms with van der Waals surface area (Å²) in [6.45, 7) is 5.75. The van der Waals surface area contributed by atoms with Crippen LogP contribution in [0.4, 0.5) is 0 Å². The molecular weight excluding hydrogens is 330 g/mol. The molecule has 0 aliphatic rings. The Morgan fingerprint density at radius 3 is 2.42 bits per heavy atom. The predicted molar refractivity (Wildman–Crippen MR) is 100 cm³/mol. The number of benzene rings is 1. The molecule has 1 heterocycles. The van der Waals surface area contributed by atoms with E-state index in [0.717, 1.165) is 12.8 Å². The van der Waals surface area contributed by atoms with Gasteiger partial charge in [0.2, 0.25) is 5.91 Å². The minimum Gasteiger partial charge on any atom is -0.480 e. The van der Waals surface area contributed by atoms with Crippen LogP contribution < -0.4 is 5.32 Å². The maximum atomic E-state index is 11.7. The van der Waals surface area contributed by atoms with E-state index in [4.69, 9.17) is 5.11 Å². The standard InChI is InChI=1S/C20H27N3O3/c1-13(2)19-17(12-21-23-19)11-16-9-7-15(8-10-16)5-4-6-18(24)22-14(3)20(25)26/h7-10,12-14H,4-6,11H2,1-3H3,(H,21,23)(H,22,24)(H,25,26)/t14-/m0/s1. The smallest absolute Gasteiger partial charge is 0.325 e. The summed E-state index contributed by atoms with van der Waals surface area (Å²) in [5, 5.41) is 18.5. The fourth-order valence-electron chi connectivity index (χ4n) is 2.83. The lowest BCUT2D eigenvalue weighted by Crippen LogP contribution is -2.38. The van der Waals surface area contributed by atoms with Gasteiger partial charge in [-0.3, -0.25) is 14.7 Å². The van der Waals surface area contributed by atoms with Crippen molar-refractivity contribution in [3.8, 4) is 0 Å². The third-order valence-corrected chi connectivity index (χ3v) is 4.36. The number of aromatic amines is 1. The molecule has 0 aliphatic heterocycles. The molecule has 2 rings (SSSR count). The lowest BCUT2D eigenvalue weighted by molar-refractivity contribution is -0.141. The van der Waals surface area contributed by atoms with Crippen molar-refractivity contribution in [1.29, 1.82) is 0 Å². The number of carboxylic acid groups (broad SMARTS) is 1. The molecule has 0 unspecified atom stereocenters. The highest BCUT2D eigenvalue weighted by atomic mass is 16.4. The van der Waals surface area contributed by atoms with E-state index in [0.29, 0.717) is 18.8 Å². The Morgan fingerprint density at radius 1 is 1.15 bits per heavy atom. The number of nitrogens with zero attached hydrogens (tertiary/aromatic N) is 1. The SMILES string of the molecule is CC(C)c1[nH]ncc1Cc1ccc(CCCC(=O)N[C@@H](C)C(=O)O)cc1. The molecule has 0 saturated heterocycles. The van der Waals surface area contributed by atoms with E-state index < -0.39 is 12.0 Å². The van der Waals surface area contributed by atoms with Gasteiger partial charge in [-0.15, -0.1) is 0 Å². The molecule has 1 atom stereocenters. The van der Waals surface area contributed by atoms with E-state index in [-0.39, 0.29) is 5.91 Å². The Labute approximate surface area is 154 Å². The Hall–Kier alpha value is -2.63. The number of aliphatic carboxylic acids is 1. The first-order valence-electron chi connectivity index (χ1n) is 8.99. The highest BCUT2D eigenvalue weighted by Crippen LogP contribution is 2.20. The molecule has 1 aromatic heterocycles. The number of rotatable bonds is 9. The molecule has 6 heteroatoms. The summed E-state index contributed by atoms with van der Waals surface area (Å²) in [4.78, 5) is 22.4. The van der Waals surface area contributed by atoms with Crippen molar-refractivity contribution in [2.24, 2.45) is 0 Å². The van der Waals surface area contributed by atoms with Crippen molar-refractivity contribution in [3.63, 3.8) is 0 Å². The fourth-order valence-corrected chi connectivity index (χ4v) is 2.83. The fraction of sp³-hybridized carbons (Fsp3) is 0.450. The van der Waals surface area contributed by atoms with Crippen molar-refractivity contribution < 1.29 is 14.7 Å². The minimum atomic E-state index is -1.02. The van der Waals surface area contributed by atoms with Gasteiger partial charge in [-0.1, -0.05) is 38.1 Å². The highest BCUT2D eigenvalue weighted by Gasteiger charge is 2.13. The van der Waals surface area contributed by atoms with Crippen LogP contribution >= 0.6 is 0 Å². The first-order chi connectivity index (χ1) is 12.4. The lowest BCUT2D eigenvalue weighted by Gasteiger charge is -2.09. The van der Waals surface area contributed by atoms with Gasteiger partial charge in [0, 0.05) is 18.5 Å². The van der Waals surface area contributed by atoms with Gasteiger partial charge >= 0.3 is 5.97 Å². The highest BCUT2D eigenvalue weighted by molar-refractivity contribution is 5.83. The van der Waals surface area contributed by atoms with Crippen LogP contribution in [0.2, 0.25) is 0 Å². The molecule has 6 nitrogen and oxygen atoms in total. The number of hydrogen-bond acceptors (Lipinski definition) is 3. The van der Waals surface area contributed by atoms with Gasteiger partial charge in [-0.2, -0.15) is 5.10 Å². The van der Waals surface area contributed by atoms with Crippen molar-refractivity contribution >= 4 is 11.9 Å². The molecule has 2 aromatic rings. The van der Waals surface area contributed by atoms with Gasteiger partial charge in [0.25, 0.3) is 0 Å². The van der Waals surface area contributed by atoms with Crippen LogP contribution in [-0.2, 0) is 22.4 Å². The number of aryl methyl sites for hydroxylation is 1. The number of carboxylic acids is 1. The monoisotopic (exact) mass is 357 g/mol. The lowest BCUT2D eigenvalue weighted by atomic mass is 9.98. The van der Waals surface area contributed by atoms with Crippen LogP contribution in [0.25, 0.3) is 0 Å². The van der Waals surface area contributed by atoms with Crippen LogP contribution in [0.5, 0.6) is 0 Å². The third-order valence-electron chi connectivity index (χ3n) is 4.36. The number of aromatic nitrogens is 2. The number of carbonyl (C=O) groups is 2. The predicted octanol–water partition coefficient (Wildman–Crippen LogP) is 3.04. The second-order valence-electron chi connectivity index (χ2n) is 6.94. The molecule has 140 valence electrons. The van der Waals surface area contributed by atoms with E-state index in [1.165, 1.54) is 29.3 Å².